The van der Waals surface area contributed by atoms with Gasteiger partial charge < -0.3 is 14.5 Å². The summed E-state index contributed by atoms with van der Waals surface area (Å²) in [5.74, 6) is 1.27. The van der Waals surface area contributed by atoms with E-state index in [0.29, 0.717) is 23.8 Å². The summed E-state index contributed by atoms with van der Waals surface area (Å²) in [4.78, 5) is 8.24. The number of alkyl halides is 3. The van der Waals surface area contributed by atoms with E-state index in [1.807, 2.05) is 6.07 Å². The SMILES string of the molecule is C=CCOc1ccc(-c2cc(C(F)(F)F)c(C#N)c(SCCNc3oc(C)nc3C#N)n2)cc1. The van der Waals surface area contributed by atoms with Crippen LogP contribution in [0.4, 0.5) is 19.1 Å². The smallest absolute Gasteiger partial charge is 0.417 e. The number of ether oxygens (including phenoxy) is 1. The molecule has 2 aromatic heterocycles. The number of nitrogens with zero attached hydrogens (tertiary/aromatic N) is 4. The Morgan fingerprint density at radius 1 is 1.21 bits per heavy atom. The molecule has 0 aliphatic heterocycles. The zero-order chi connectivity index (χ0) is 24.7. The van der Waals surface area contributed by atoms with Crippen LogP contribution in [0.5, 0.6) is 5.75 Å². The van der Waals surface area contributed by atoms with Gasteiger partial charge in [-0.15, -0.1) is 11.8 Å². The number of hydrogen-bond donors (Lipinski definition) is 1. The van der Waals surface area contributed by atoms with Gasteiger partial charge in [-0.2, -0.15) is 23.7 Å². The molecule has 174 valence electrons. The summed E-state index contributed by atoms with van der Waals surface area (Å²) >= 11 is 0.988. The Kier molecular flexibility index (Phi) is 7.82. The van der Waals surface area contributed by atoms with Crippen molar-refractivity contribution in [1.29, 1.82) is 10.5 Å². The first-order valence-electron chi connectivity index (χ1n) is 9.87. The summed E-state index contributed by atoms with van der Waals surface area (Å²) in [6.07, 6.45) is -3.16. The summed E-state index contributed by atoms with van der Waals surface area (Å²) in [6, 6.07) is 10.8. The van der Waals surface area contributed by atoms with Gasteiger partial charge in [0.05, 0.1) is 16.8 Å². The number of pyridine rings is 1. The molecule has 1 N–H and O–H groups in total. The number of anilines is 1. The van der Waals surface area contributed by atoms with Gasteiger partial charge in [0.2, 0.25) is 11.6 Å². The second-order valence-electron chi connectivity index (χ2n) is 6.77. The number of aromatic nitrogens is 2. The van der Waals surface area contributed by atoms with E-state index in [-0.39, 0.29) is 34.6 Å². The molecule has 0 aliphatic carbocycles. The molecule has 0 fully saturated rings. The second kappa shape index (κ2) is 10.8. The van der Waals surface area contributed by atoms with E-state index in [0.717, 1.165) is 17.8 Å². The van der Waals surface area contributed by atoms with Crippen molar-refractivity contribution in [3.05, 3.63) is 65.7 Å². The van der Waals surface area contributed by atoms with Crippen molar-refractivity contribution in [3.63, 3.8) is 0 Å². The highest BCUT2D eigenvalue weighted by Gasteiger charge is 2.36. The van der Waals surface area contributed by atoms with Crippen LogP contribution in [-0.4, -0.2) is 28.9 Å². The van der Waals surface area contributed by atoms with Crippen LogP contribution in [0.2, 0.25) is 0 Å². The van der Waals surface area contributed by atoms with Gasteiger partial charge >= 0.3 is 6.18 Å². The van der Waals surface area contributed by atoms with Crippen LogP contribution in [0.1, 0.15) is 22.7 Å². The van der Waals surface area contributed by atoms with Gasteiger partial charge in [0.15, 0.2) is 5.89 Å². The van der Waals surface area contributed by atoms with Gasteiger partial charge in [0.1, 0.15) is 29.5 Å². The Bertz CT molecular complexity index is 1260. The molecule has 0 saturated heterocycles. The predicted molar refractivity (Wildman–Crippen MR) is 120 cm³/mol. The number of rotatable bonds is 9. The average molecular weight is 485 g/mol. The normalized spacial score (nSPS) is 10.9. The molecule has 7 nitrogen and oxygen atoms in total. The molecule has 0 bridgehead atoms. The molecule has 0 saturated carbocycles. The lowest BCUT2D eigenvalue weighted by Crippen LogP contribution is -2.11. The van der Waals surface area contributed by atoms with Crippen LogP contribution in [0.15, 0.2) is 52.4 Å². The van der Waals surface area contributed by atoms with Crippen molar-refractivity contribution in [1.82, 2.24) is 9.97 Å². The van der Waals surface area contributed by atoms with Gasteiger partial charge in [-0.1, -0.05) is 12.7 Å². The molecular formula is C23H18F3N5O2S. The van der Waals surface area contributed by atoms with E-state index in [1.54, 1.807) is 43.3 Å². The maximum Gasteiger partial charge on any atom is 0.417 e. The standard InChI is InChI=1S/C23H18F3N5O2S/c1-3-9-32-16-6-4-15(5-7-16)19-11-18(23(24,25)26)17(12-27)22(31-19)34-10-8-29-21-20(13-28)30-14(2)33-21/h3-7,11,29H,1,8-10H2,2H3. The first-order valence-corrected chi connectivity index (χ1v) is 10.9. The minimum atomic E-state index is -4.73. The average Bonchev–Trinajstić information content (AvgIpc) is 3.19. The highest BCUT2D eigenvalue weighted by Crippen LogP contribution is 2.38. The third-order valence-electron chi connectivity index (χ3n) is 4.39. The molecule has 0 atom stereocenters. The van der Waals surface area contributed by atoms with Crippen molar-refractivity contribution in [2.24, 2.45) is 0 Å². The van der Waals surface area contributed by atoms with E-state index in [4.69, 9.17) is 14.4 Å². The summed E-state index contributed by atoms with van der Waals surface area (Å²) in [7, 11) is 0. The molecule has 2 heterocycles. The van der Waals surface area contributed by atoms with E-state index in [9.17, 15) is 18.4 Å². The van der Waals surface area contributed by atoms with Gasteiger partial charge in [0.25, 0.3) is 0 Å². The lowest BCUT2D eigenvalue weighted by Gasteiger charge is -2.14. The molecule has 3 aromatic rings. The van der Waals surface area contributed by atoms with Gasteiger partial charge in [-0.3, -0.25) is 0 Å². The minimum absolute atomic E-state index is 0.0460. The zero-order valence-corrected chi connectivity index (χ0v) is 18.8. The predicted octanol–water partition coefficient (Wildman–Crippen LogP) is 5.58. The van der Waals surface area contributed by atoms with Crippen molar-refractivity contribution >= 4 is 17.6 Å². The Balaban J connectivity index is 1.86. The van der Waals surface area contributed by atoms with E-state index < -0.39 is 17.3 Å². The van der Waals surface area contributed by atoms with Crippen LogP contribution >= 0.6 is 11.8 Å². The number of oxazole rings is 1. The lowest BCUT2D eigenvalue weighted by atomic mass is 10.1. The molecular weight excluding hydrogens is 467 g/mol. The zero-order valence-electron chi connectivity index (χ0n) is 17.9. The van der Waals surface area contributed by atoms with Gasteiger partial charge in [-0.05, 0) is 30.3 Å². The highest BCUT2D eigenvalue weighted by molar-refractivity contribution is 7.99. The molecule has 0 unspecified atom stereocenters. The number of benzene rings is 1. The maximum atomic E-state index is 13.7. The molecule has 0 radical (unpaired) electrons. The van der Waals surface area contributed by atoms with Crippen LogP contribution in [-0.2, 0) is 6.18 Å². The third-order valence-corrected chi connectivity index (χ3v) is 5.36. The van der Waals surface area contributed by atoms with Crippen LogP contribution in [0, 0.1) is 29.6 Å². The molecule has 34 heavy (non-hydrogen) atoms. The number of nitrogens with one attached hydrogen (secondary N) is 1. The van der Waals surface area contributed by atoms with Crippen LogP contribution < -0.4 is 10.1 Å². The van der Waals surface area contributed by atoms with Gasteiger partial charge in [0, 0.05) is 24.8 Å². The monoisotopic (exact) mass is 485 g/mol. The summed E-state index contributed by atoms with van der Waals surface area (Å²) in [5, 5.41) is 21.3. The molecule has 0 amide bonds. The lowest BCUT2D eigenvalue weighted by molar-refractivity contribution is -0.138. The minimum Gasteiger partial charge on any atom is -0.490 e. The fraction of sp³-hybridized carbons (Fsp3) is 0.217. The number of nitriles is 2. The maximum absolute atomic E-state index is 13.7. The Labute approximate surface area is 197 Å². The molecule has 11 heteroatoms. The third kappa shape index (κ3) is 5.88. The summed E-state index contributed by atoms with van der Waals surface area (Å²) in [6.45, 7) is 5.68. The topological polar surface area (TPSA) is 108 Å². The van der Waals surface area contributed by atoms with Crippen LogP contribution in [0.3, 0.4) is 0 Å². The Morgan fingerprint density at radius 2 is 1.94 bits per heavy atom. The highest BCUT2D eigenvalue weighted by atomic mass is 32.2. The summed E-state index contributed by atoms with van der Waals surface area (Å²) < 4.78 is 51.9. The summed E-state index contributed by atoms with van der Waals surface area (Å²) in [5.41, 5.74) is -0.993. The van der Waals surface area contributed by atoms with E-state index in [2.05, 4.69) is 21.9 Å². The first kappa shape index (κ1) is 24.7. The van der Waals surface area contributed by atoms with Crippen molar-refractivity contribution in [2.45, 2.75) is 18.1 Å². The molecule has 1 aromatic carbocycles. The van der Waals surface area contributed by atoms with E-state index >= 15 is 0 Å². The Hall–Kier alpha value is -3.96. The fourth-order valence-electron chi connectivity index (χ4n) is 2.92. The van der Waals surface area contributed by atoms with Crippen LogP contribution in [0.25, 0.3) is 11.3 Å². The van der Waals surface area contributed by atoms with E-state index in [1.165, 1.54) is 0 Å². The number of thioether (sulfide) groups is 1. The first-order chi connectivity index (χ1) is 16.3. The van der Waals surface area contributed by atoms with Crippen molar-refractivity contribution < 1.29 is 22.3 Å². The second-order valence-corrected chi connectivity index (χ2v) is 7.85. The van der Waals surface area contributed by atoms with Gasteiger partial charge in [-0.25, -0.2) is 9.97 Å². The van der Waals surface area contributed by atoms with Crippen molar-refractivity contribution in [2.75, 3.05) is 24.2 Å². The number of aryl methyl sites for hydroxylation is 1. The molecule has 3 rings (SSSR count). The largest absolute Gasteiger partial charge is 0.490 e. The quantitative estimate of drug-likeness (QED) is 0.238. The fourth-order valence-corrected chi connectivity index (χ4v) is 3.78. The van der Waals surface area contributed by atoms with Crippen molar-refractivity contribution in [3.8, 4) is 29.1 Å². The Morgan fingerprint density at radius 3 is 2.56 bits per heavy atom. The number of hydrogen-bond acceptors (Lipinski definition) is 8. The molecule has 0 aliphatic rings. The molecule has 0 spiro atoms. The number of halogens is 3.